The van der Waals surface area contributed by atoms with Gasteiger partial charge in [0.2, 0.25) is 5.75 Å². The highest BCUT2D eigenvalue weighted by molar-refractivity contribution is 5.85. The van der Waals surface area contributed by atoms with Gasteiger partial charge in [0.1, 0.15) is 6.61 Å². The number of aromatic hydroxyl groups is 1. The van der Waals surface area contributed by atoms with E-state index >= 15 is 0 Å². The van der Waals surface area contributed by atoms with Crippen LogP contribution in [0.2, 0.25) is 0 Å². The van der Waals surface area contributed by atoms with Crippen molar-refractivity contribution in [1.82, 2.24) is 0 Å². The summed E-state index contributed by atoms with van der Waals surface area (Å²) in [7, 11) is 2.54. The number of ether oxygens (including phenoxy) is 2. The van der Waals surface area contributed by atoms with Crippen molar-refractivity contribution >= 4 is 12.4 Å². The Labute approximate surface area is 115 Å². The molecule has 0 spiro atoms. The van der Waals surface area contributed by atoms with E-state index in [2.05, 4.69) is 0 Å². The van der Waals surface area contributed by atoms with Gasteiger partial charge >= 0.3 is 0 Å². The van der Waals surface area contributed by atoms with Crippen LogP contribution in [-0.4, -0.2) is 37.0 Å². The molecule has 0 radical (unpaired) electrons. The molecule has 0 amide bonds. The van der Waals surface area contributed by atoms with E-state index in [1.54, 1.807) is 0 Å². The number of benzene rings is 1. The fraction of sp³-hybridized carbons (Fsp3) is 0.455. The minimum Gasteiger partial charge on any atom is -0.502 e. The Morgan fingerprint density at radius 2 is 1.68 bits per heavy atom. The first-order chi connectivity index (χ1) is 8.37. The summed E-state index contributed by atoms with van der Waals surface area (Å²) in [4.78, 5) is 0. The molecule has 1 aromatic carbocycles. The van der Waals surface area contributed by atoms with Gasteiger partial charge in [-0.25, -0.2) is 8.78 Å². The lowest BCUT2D eigenvalue weighted by atomic mass is 10.0. The Morgan fingerprint density at radius 3 is 2.00 bits per heavy atom. The fourth-order valence-electron chi connectivity index (χ4n) is 1.44. The predicted molar refractivity (Wildman–Crippen MR) is 67.4 cm³/mol. The van der Waals surface area contributed by atoms with Crippen LogP contribution in [0.3, 0.4) is 0 Å². The number of aliphatic hydroxyl groups excluding tert-OH is 1. The molecule has 0 aliphatic carbocycles. The molecule has 1 atom stereocenters. The van der Waals surface area contributed by atoms with E-state index in [4.69, 9.17) is 20.3 Å². The Kier molecular flexibility index (Phi) is 6.28. The largest absolute Gasteiger partial charge is 0.502 e. The molecular formula is C11H16ClF2NO4. The summed E-state index contributed by atoms with van der Waals surface area (Å²) in [6.45, 7) is -1.38. The lowest BCUT2D eigenvalue weighted by molar-refractivity contribution is -0.0712. The second-order valence-corrected chi connectivity index (χ2v) is 3.67. The van der Waals surface area contributed by atoms with E-state index in [1.165, 1.54) is 26.4 Å². The summed E-state index contributed by atoms with van der Waals surface area (Å²) in [6, 6.07) is 0.615. The first kappa shape index (κ1) is 17.7. The van der Waals surface area contributed by atoms with Crippen molar-refractivity contribution in [1.29, 1.82) is 0 Å². The smallest absolute Gasteiger partial charge is 0.289 e. The summed E-state index contributed by atoms with van der Waals surface area (Å²) in [5.41, 5.74) is 5.36. The van der Waals surface area contributed by atoms with Crippen LogP contribution in [0.1, 0.15) is 11.6 Å². The van der Waals surface area contributed by atoms with Crippen LogP contribution in [0.25, 0.3) is 0 Å². The van der Waals surface area contributed by atoms with Gasteiger partial charge in [-0.2, -0.15) is 0 Å². The van der Waals surface area contributed by atoms with Crippen LogP contribution in [0.4, 0.5) is 8.78 Å². The number of methoxy groups -OCH3 is 2. The minimum absolute atomic E-state index is 0. The second kappa shape index (κ2) is 6.74. The number of alkyl halides is 2. The molecule has 0 aliphatic rings. The zero-order valence-corrected chi connectivity index (χ0v) is 11.2. The fourth-order valence-corrected chi connectivity index (χ4v) is 1.44. The molecule has 0 aromatic heterocycles. The van der Waals surface area contributed by atoms with Gasteiger partial charge in [-0.15, -0.1) is 12.4 Å². The topological polar surface area (TPSA) is 84.9 Å². The van der Waals surface area contributed by atoms with E-state index < -0.39 is 18.6 Å². The van der Waals surface area contributed by atoms with Crippen molar-refractivity contribution in [2.75, 3.05) is 20.8 Å². The van der Waals surface area contributed by atoms with Crippen LogP contribution >= 0.6 is 12.4 Å². The van der Waals surface area contributed by atoms with Gasteiger partial charge in [0.25, 0.3) is 5.92 Å². The lowest BCUT2D eigenvalue weighted by Gasteiger charge is -2.22. The molecule has 0 unspecified atom stereocenters. The summed E-state index contributed by atoms with van der Waals surface area (Å²) in [5, 5.41) is 18.2. The summed E-state index contributed by atoms with van der Waals surface area (Å²) < 4.78 is 36.2. The van der Waals surface area contributed by atoms with Crippen molar-refractivity contribution in [3.8, 4) is 17.2 Å². The zero-order valence-electron chi connectivity index (χ0n) is 10.4. The van der Waals surface area contributed by atoms with Gasteiger partial charge in [-0.3, -0.25) is 0 Å². The Hall–Kier alpha value is -1.31. The normalized spacial score (nSPS) is 12.5. The summed E-state index contributed by atoms with van der Waals surface area (Å²) >= 11 is 0. The molecule has 1 aromatic rings. The molecule has 0 fully saturated rings. The summed E-state index contributed by atoms with van der Waals surface area (Å²) in [6.07, 6.45) is 0. The van der Waals surface area contributed by atoms with Gasteiger partial charge in [0.05, 0.1) is 20.3 Å². The van der Waals surface area contributed by atoms with Gasteiger partial charge < -0.3 is 25.4 Å². The number of halogens is 3. The molecule has 4 N–H and O–H groups in total. The third-order valence-corrected chi connectivity index (χ3v) is 2.53. The van der Waals surface area contributed by atoms with E-state index in [-0.39, 0.29) is 35.2 Å². The molecular weight excluding hydrogens is 284 g/mol. The Balaban J connectivity index is 0.00000324. The third-order valence-electron chi connectivity index (χ3n) is 2.53. The number of phenols is 1. The SMILES string of the molecule is COc1cc([C@@H](N)C(F)(F)CO)cc(OC)c1O.Cl. The molecule has 0 saturated carbocycles. The van der Waals surface area contributed by atoms with Crippen LogP contribution < -0.4 is 15.2 Å². The molecule has 5 nitrogen and oxygen atoms in total. The van der Waals surface area contributed by atoms with E-state index in [1.807, 2.05) is 0 Å². The van der Waals surface area contributed by atoms with Gasteiger partial charge in [0.15, 0.2) is 11.5 Å². The van der Waals surface area contributed by atoms with E-state index in [0.717, 1.165) is 0 Å². The van der Waals surface area contributed by atoms with Crippen molar-refractivity contribution in [3.63, 3.8) is 0 Å². The highest BCUT2D eigenvalue weighted by atomic mass is 35.5. The van der Waals surface area contributed by atoms with Crippen LogP contribution in [0.15, 0.2) is 12.1 Å². The first-order valence-corrected chi connectivity index (χ1v) is 5.06. The van der Waals surface area contributed by atoms with E-state index in [9.17, 15) is 13.9 Å². The highest BCUT2D eigenvalue weighted by Crippen LogP contribution is 2.40. The highest BCUT2D eigenvalue weighted by Gasteiger charge is 2.38. The molecule has 0 saturated heterocycles. The van der Waals surface area contributed by atoms with Crippen molar-refractivity contribution in [2.45, 2.75) is 12.0 Å². The monoisotopic (exact) mass is 299 g/mol. The predicted octanol–water partition coefficient (Wildman–Crippen LogP) is 1.46. The van der Waals surface area contributed by atoms with Gasteiger partial charge in [-0.1, -0.05) is 0 Å². The maximum absolute atomic E-state index is 13.3. The molecule has 110 valence electrons. The van der Waals surface area contributed by atoms with Gasteiger partial charge in [0, 0.05) is 0 Å². The van der Waals surface area contributed by atoms with Crippen molar-refractivity contribution < 1.29 is 28.5 Å². The maximum atomic E-state index is 13.3. The number of hydrogen-bond acceptors (Lipinski definition) is 5. The minimum atomic E-state index is -3.48. The number of nitrogens with two attached hydrogens (primary N) is 1. The Morgan fingerprint density at radius 1 is 1.26 bits per heavy atom. The van der Waals surface area contributed by atoms with Crippen LogP contribution in [0.5, 0.6) is 17.2 Å². The molecule has 0 bridgehead atoms. The van der Waals surface area contributed by atoms with Gasteiger partial charge in [-0.05, 0) is 17.7 Å². The first-order valence-electron chi connectivity index (χ1n) is 5.06. The van der Waals surface area contributed by atoms with Crippen molar-refractivity contribution in [3.05, 3.63) is 17.7 Å². The molecule has 19 heavy (non-hydrogen) atoms. The second-order valence-electron chi connectivity index (χ2n) is 3.67. The zero-order chi connectivity index (χ0) is 13.9. The van der Waals surface area contributed by atoms with Crippen LogP contribution in [-0.2, 0) is 0 Å². The van der Waals surface area contributed by atoms with E-state index in [0.29, 0.717) is 0 Å². The average Bonchev–Trinajstić information content (AvgIpc) is 2.38. The quantitative estimate of drug-likeness (QED) is 0.766. The Bertz CT molecular complexity index is 406. The number of hydrogen-bond donors (Lipinski definition) is 3. The number of aliphatic hydroxyl groups is 1. The molecule has 0 aliphatic heterocycles. The van der Waals surface area contributed by atoms with Crippen molar-refractivity contribution in [2.24, 2.45) is 5.73 Å². The van der Waals surface area contributed by atoms with Crippen LogP contribution in [0, 0.1) is 0 Å². The maximum Gasteiger partial charge on any atom is 0.289 e. The molecule has 1 rings (SSSR count). The summed E-state index contributed by atoms with van der Waals surface area (Å²) in [5.74, 6) is -3.85. The standard InChI is InChI=1S/C11H15F2NO4.ClH/c1-17-7-3-6(4-8(18-2)9(7)16)10(14)11(12,13)5-15;/h3-4,10,15-16H,5,14H2,1-2H3;1H/t10-;/m1./s1. The lowest BCUT2D eigenvalue weighted by Crippen LogP contribution is -2.36. The number of rotatable bonds is 5. The third kappa shape index (κ3) is 3.59. The molecule has 0 heterocycles. The number of phenolic OH excluding ortho intramolecular Hbond substituents is 1. The average molecular weight is 300 g/mol. The molecule has 8 heteroatoms.